The van der Waals surface area contributed by atoms with Gasteiger partial charge in [-0.1, -0.05) is 6.92 Å². The SMILES string of the molecule is CCS(=O)(=O)c1ccc(O)c(NC(=O)c2[nH]c(C)c(C(C)=O)c2C)c1. The molecule has 0 atom stereocenters. The van der Waals surface area contributed by atoms with E-state index in [1.165, 1.54) is 32.0 Å². The van der Waals surface area contributed by atoms with Gasteiger partial charge in [0.15, 0.2) is 15.6 Å². The predicted octanol–water partition coefficient (Wildman–Crippen LogP) is 2.59. The number of aryl methyl sites for hydroxylation is 1. The van der Waals surface area contributed by atoms with Crippen molar-refractivity contribution < 1.29 is 23.1 Å². The van der Waals surface area contributed by atoms with Gasteiger partial charge in [0.25, 0.3) is 5.91 Å². The van der Waals surface area contributed by atoms with Crippen molar-refractivity contribution in [3.8, 4) is 5.75 Å². The molecule has 25 heavy (non-hydrogen) atoms. The zero-order valence-corrected chi connectivity index (χ0v) is 15.2. The molecule has 1 aromatic heterocycles. The van der Waals surface area contributed by atoms with Crippen molar-refractivity contribution >= 4 is 27.2 Å². The Bertz CT molecular complexity index is 958. The first-order valence-corrected chi connectivity index (χ1v) is 9.31. The number of aromatic hydroxyl groups is 1. The lowest BCUT2D eigenvalue weighted by Crippen LogP contribution is -2.14. The van der Waals surface area contributed by atoms with Crippen molar-refractivity contribution in [1.29, 1.82) is 0 Å². The number of carbonyl (C=O) groups excluding carboxylic acids is 2. The number of benzene rings is 1. The van der Waals surface area contributed by atoms with Crippen LogP contribution in [-0.2, 0) is 9.84 Å². The van der Waals surface area contributed by atoms with E-state index in [1.54, 1.807) is 13.8 Å². The van der Waals surface area contributed by atoms with Gasteiger partial charge >= 0.3 is 0 Å². The van der Waals surface area contributed by atoms with Crippen molar-refractivity contribution in [2.75, 3.05) is 11.1 Å². The van der Waals surface area contributed by atoms with Crippen LogP contribution in [0.1, 0.15) is 46.0 Å². The van der Waals surface area contributed by atoms with Gasteiger partial charge in [0, 0.05) is 11.3 Å². The summed E-state index contributed by atoms with van der Waals surface area (Å²) in [7, 11) is -3.47. The van der Waals surface area contributed by atoms with Crippen molar-refractivity contribution in [3.05, 3.63) is 40.7 Å². The van der Waals surface area contributed by atoms with Gasteiger partial charge in [-0.05, 0) is 44.5 Å². The normalized spacial score (nSPS) is 11.4. The smallest absolute Gasteiger partial charge is 0.272 e. The Morgan fingerprint density at radius 3 is 2.40 bits per heavy atom. The lowest BCUT2D eigenvalue weighted by atomic mass is 10.1. The van der Waals surface area contributed by atoms with Crippen LogP contribution in [0.2, 0.25) is 0 Å². The number of anilines is 1. The number of hydrogen-bond donors (Lipinski definition) is 3. The quantitative estimate of drug-likeness (QED) is 0.557. The molecule has 0 bridgehead atoms. The van der Waals surface area contributed by atoms with Crippen LogP contribution < -0.4 is 5.32 Å². The van der Waals surface area contributed by atoms with Crippen LogP contribution in [0.25, 0.3) is 0 Å². The van der Waals surface area contributed by atoms with Gasteiger partial charge in [0.1, 0.15) is 11.4 Å². The lowest BCUT2D eigenvalue weighted by molar-refractivity contribution is 0.101. The molecule has 0 aliphatic heterocycles. The van der Waals surface area contributed by atoms with Gasteiger partial charge in [0.2, 0.25) is 0 Å². The first-order valence-electron chi connectivity index (χ1n) is 7.65. The minimum absolute atomic E-state index is 0.00640. The molecule has 1 aromatic carbocycles. The van der Waals surface area contributed by atoms with E-state index >= 15 is 0 Å². The van der Waals surface area contributed by atoms with E-state index in [0.29, 0.717) is 16.8 Å². The third-order valence-corrected chi connectivity index (χ3v) is 5.70. The molecule has 0 saturated heterocycles. The summed E-state index contributed by atoms with van der Waals surface area (Å²) in [4.78, 5) is 27.0. The van der Waals surface area contributed by atoms with Crippen LogP contribution in [0.4, 0.5) is 5.69 Å². The number of hydrogen-bond acceptors (Lipinski definition) is 5. The number of ketones is 1. The highest BCUT2D eigenvalue weighted by Gasteiger charge is 2.21. The second-order valence-electron chi connectivity index (χ2n) is 5.72. The molecule has 8 heteroatoms. The first-order chi connectivity index (χ1) is 11.6. The van der Waals surface area contributed by atoms with Crippen LogP contribution in [-0.4, -0.2) is 36.0 Å². The van der Waals surface area contributed by atoms with E-state index in [4.69, 9.17) is 0 Å². The molecule has 0 radical (unpaired) electrons. The van der Waals surface area contributed by atoms with Gasteiger partial charge in [0.05, 0.1) is 16.3 Å². The Morgan fingerprint density at radius 2 is 1.88 bits per heavy atom. The highest BCUT2D eigenvalue weighted by Crippen LogP contribution is 2.28. The summed E-state index contributed by atoms with van der Waals surface area (Å²) in [5, 5.41) is 12.4. The monoisotopic (exact) mass is 364 g/mol. The fourth-order valence-electron chi connectivity index (χ4n) is 2.67. The predicted molar refractivity (Wildman–Crippen MR) is 94.1 cm³/mol. The fraction of sp³-hybridized carbons (Fsp3) is 0.294. The number of carbonyl (C=O) groups is 2. The second-order valence-corrected chi connectivity index (χ2v) is 8.00. The maximum Gasteiger partial charge on any atom is 0.272 e. The van der Waals surface area contributed by atoms with E-state index < -0.39 is 15.7 Å². The highest BCUT2D eigenvalue weighted by atomic mass is 32.2. The number of rotatable bonds is 5. The first kappa shape index (κ1) is 18.7. The number of Topliss-reactive ketones (excluding diaryl/α,β-unsaturated/α-hetero) is 1. The topological polar surface area (TPSA) is 116 Å². The Hall–Kier alpha value is -2.61. The van der Waals surface area contributed by atoms with E-state index in [9.17, 15) is 23.1 Å². The fourth-order valence-corrected chi connectivity index (χ4v) is 3.57. The molecule has 2 aromatic rings. The van der Waals surface area contributed by atoms with Crippen LogP contribution >= 0.6 is 0 Å². The number of phenols is 1. The zero-order chi connectivity index (χ0) is 18.9. The van der Waals surface area contributed by atoms with Crippen molar-refractivity contribution in [2.24, 2.45) is 0 Å². The lowest BCUT2D eigenvalue weighted by Gasteiger charge is -2.09. The molecular formula is C17H20N2O5S. The maximum atomic E-state index is 12.5. The highest BCUT2D eigenvalue weighted by molar-refractivity contribution is 7.91. The molecular weight excluding hydrogens is 344 g/mol. The molecule has 0 saturated carbocycles. The van der Waals surface area contributed by atoms with Crippen molar-refractivity contribution in [1.82, 2.24) is 4.98 Å². The van der Waals surface area contributed by atoms with Gasteiger partial charge in [-0.3, -0.25) is 9.59 Å². The molecule has 7 nitrogen and oxygen atoms in total. The number of aromatic nitrogens is 1. The minimum atomic E-state index is -3.47. The molecule has 0 spiro atoms. The zero-order valence-electron chi connectivity index (χ0n) is 14.4. The summed E-state index contributed by atoms with van der Waals surface area (Å²) >= 11 is 0. The van der Waals surface area contributed by atoms with E-state index in [2.05, 4.69) is 10.3 Å². The number of H-pyrrole nitrogens is 1. The summed E-state index contributed by atoms with van der Waals surface area (Å²) in [6.07, 6.45) is 0. The van der Waals surface area contributed by atoms with Crippen LogP contribution in [0.5, 0.6) is 5.75 Å². The summed E-state index contributed by atoms with van der Waals surface area (Å²) in [6.45, 7) is 6.25. The largest absolute Gasteiger partial charge is 0.506 e. The molecule has 0 unspecified atom stereocenters. The molecule has 2 rings (SSSR count). The summed E-state index contributed by atoms with van der Waals surface area (Å²) in [5.74, 6) is -1.09. The molecule has 0 aliphatic carbocycles. The number of phenolic OH excluding ortho intramolecular Hbond substituents is 1. The standard InChI is InChI=1S/C17H20N2O5S/c1-5-25(23,24)12-6-7-14(21)13(8-12)19-17(22)16-9(2)15(11(4)20)10(3)18-16/h6-8,18,21H,5H2,1-4H3,(H,19,22). The van der Waals surface area contributed by atoms with Gasteiger partial charge < -0.3 is 15.4 Å². The third-order valence-electron chi connectivity index (χ3n) is 3.97. The Kier molecular flexibility index (Phi) is 5.03. The van der Waals surface area contributed by atoms with Gasteiger partial charge in [-0.25, -0.2) is 8.42 Å². The summed E-state index contributed by atoms with van der Waals surface area (Å²) in [6, 6.07) is 3.71. The van der Waals surface area contributed by atoms with Crippen molar-refractivity contribution in [2.45, 2.75) is 32.6 Å². The number of amides is 1. The Balaban J connectivity index is 2.41. The van der Waals surface area contributed by atoms with Crippen LogP contribution in [0.15, 0.2) is 23.1 Å². The second kappa shape index (κ2) is 6.72. The molecule has 1 heterocycles. The summed E-state index contributed by atoms with van der Waals surface area (Å²) in [5.41, 5.74) is 1.68. The molecule has 0 fully saturated rings. The molecule has 0 aliphatic rings. The number of sulfone groups is 1. The molecule has 134 valence electrons. The Morgan fingerprint density at radius 1 is 1.24 bits per heavy atom. The Labute approximate surface area is 146 Å². The van der Waals surface area contributed by atoms with E-state index in [-0.39, 0.29) is 33.6 Å². The minimum Gasteiger partial charge on any atom is -0.506 e. The van der Waals surface area contributed by atoms with Crippen molar-refractivity contribution in [3.63, 3.8) is 0 Å². The number of nitrogens with one attached hydrogen (secondary N) is 2. The third kappa shape index (κ3) is 3.58. The van der Waals surface area contributed by atoms with Gasteiger partial charge in [-0.2, -0.15) is 0 Å². The van der Waals surface area contributed by atoms with Gasteiger partial charge in [-0.15, -0.1) is 0 Å². The number of aromatic amines is 1. The maximum absolute atomic E-state index is 12.5. The summed E-state index contributed by atoms with van der Waals surface area (Å²) < 4.78 is 23.9. The van der Waals surface area contributed by atoms with E-state index in [1.807, 2.05) is 0 Å². The van der Waals surface area contributed by atoms with Crippen LogP contribution in [0.3, 0.4) is 0 Å². The molecule has 3 N–H and O–H groups in total. The average Bonchev–Trinajstić information content (AvgIpc) is 2.84. The van der Waals surface area contributed by atoms with Crippen LogP contribution in [0, 0.1) is 13.8 Å². The molecule has 1 amide bonds. The average molecular weight is 364 g/mol. The van der Waals surface area contributed by atoms with E-state index in [0.717, 1.165) is 0 Å².